The van der Waals surface area contributed by atoms with Gasteiger partial charge in [-0.25, -0.2) is 8.42 Å². The van der Waals surface area contributed by atoms with Gasteiger partial charge < -0.3 is 10.2 Å². The molecule has 0 aliphatic carbocycles. The Morgan fingerprint density at radius 1 is 1.03 bits per heavy atom. The normalized spacial score (nSPS) is 13.1. The number of halogens is 1. The van der Waals surface area contributed by atoms with Gasteiger partial charge >= 0.3 is 0 Å². The Morgan fingerprint density at radius 2 is 1.69 bits per heavy atom. The van der Waals surface area contributed by atoms with Gasteiger partial charge in [-0.05, 0) is 68.5 Å². The van der Waals surface area contributed by atoms with E-state index >= 15 is 0 Å². The quantitative estimate of drug-likeness (QED) is 0.473. The Kier molecular flexibility index (Phi) is 10.2. The lowest BCUT2D eigenvalue weighted by Gasteiger charge is -2.34. The van der Waals surface area contributed by atoms with Crippen molar-refractivity contribution in [3.8, 4) is 0 Å². The molecule has 35 heavy (non-hydrogen) atoms. The Hall–Kier alpha value is -2.58. The van der Waals surface area contributed by atoms with Crippen molar-refractivity contribution in [2.45, 2.75) is 66.1 Å². The smallest absolute Gasteiger partial charge is 0.244 e. The first-order valence-electron chi connectivity index (χ1n) is 11.8. The fourth-order valence-corrected chi connectivity index (χ4v) is 4.96. The second-order valence-electron chi connectivity index (χ2n) is 8.89. The summed E-state index contributed by atoms with van der Waals surface area (Å²) < 4.78 is 26.6. The van der Waals surface area contributed by atoms with E-state index < -0.39 is 28.5 Å². The van der Waals surface area contributed by atoms with Gasteiger partial charge in [0.05, 0.1) is 11.9 Å². The van der Waals surface area contributed by atoms with Crippen molar-refractivity contribution in [1.29, 1.82) is 0 Å². The lowest BCUT2D eigenvalue weighted by atomic mass is 10.1. The minimum Gasteiger partial charge on any atom is -0.352 e. The third-order valence-electron chi connectivity index (χ3n) is 6.10. The number of nitrogens with zero attached hydrogens (tertiary/aromatic N) is 2. The summed E-state index contributed by atoms with van der Waals surface area (Å²) in [6.45, 7) is 9.17. The molecule has 1 N–H and O–H groups in total. The van der Waals surface area contributed by atoms with Gasteiger partial charge in [-0.2, -0.15) is 0 Å². The molecule has 0 aromatic heterocycles. The molecule has 2 amide bonds. The van der Waals surface area contributed by atoms with Gasteiger partial charge in [0.25, 0.3) is 0 Å². The molecule has 0 aliphatic rings. The highest BCUT2D eigenvalue weighted by atomic mass is 35.5. The zero-order valence-corrected chi connectivity index (χ0v) is 22.9. The molecule has 2 rings (SSSR count). The summed E-state index contributed by atoms with van der Waals surface area (Å²) in [5.74, 6) is -0.712. The number of benzene rings is 2. The number of amides is 2. The topological polar surface area (TPSA) is 86.8 Å². The van der Waals surface area contributed by atoms with Crippen LogP contribution in [0.25, 0.3) is 0 Å². The summed E-state index contributed by atoms with van der Waals surface area (Å²) in [6, 6.07) is 11.7. The molecule has 2 atom stereocenters. The maximum Gasteiger partial charge on any atom is 0.244 e. The van der Waals surface area contributed by atoms with E-state index in [-0.39, 0.29) is 18.5 Å². The number of nitrogens with one attached hydrogen (secondary N) is 1. The second-order valence-corrected chi connectivity index (χ2v) is 11.2. The van der Waals surface area contributed by atoms with Crippen molar-refractivity contribution in [2.75, 3.05) is 17.1 Å². The fourth-order valence-electron chi connectivity index (χ4n) is 3.83. The first-order chi connectivity index (χ1) is 16.4. The summed E-state index contributed by atoms with van der Waals surface area (Å²) in [7, 11) is -3.80. The lowest BCUT2D eigenvalue weighted by Crippen LogP contribution is -2.53. The number of sulfonamides is 1. The molecule has 2 aromatic rings. The van der Waals surface area contributed by atoms with E-state index in [0.29, 0.717) is 22.7 Å². The average Bonchev–Trinajstić information content (AvgIpc) is 2.78. The number of aryl methyl sites for hydroxylation is 2. The highest BCUT2D eigenvalue weighted by Crippen LogP contribution is 2.26. The molecule has 192 valence electrons. The van der Waals surface area contributed by atoms with Gasteiger partial charge in [0.15, 0.2) is 0 Å². The third kappa shape index (κ3) is 7.70. The minimum atomic E-state index is -3.80. The molecular formula is C26H36ClN3O4S. The summed E-state index contributed by atoms with van der Waals surface area (Å²) in [4.78, 5) is 28.4. The van der Waals surface area contributed by atoms with Crippen LogP contribution in [-0.2, 0) is 26.2 Å². The van der Waals surface area contributed by atoms with Crippen LogP contribution in [0.4, 0.5) is 5.69 Å². The predicted molar refractivity (Wildman–Crippen MR) is 142 cm³/mol. The number of carbonyl (C=O) groups excluding carboxylic acids is 2. The number of hydrogen-bond acceptors (Lipinski definition) is 4. The van der Waals surface area contributed by atoms with E-state index in [4.69, 9.17) is 11.6 Å². The molecule has 0 fully saturated rings. The van der Waals surface area contributed by atoms with Gasteiger partial charge in [-0.1, -0.05) is 49.7 Å². The Morgan fingerprint density at radius 3 is 2.23 bits per heavy atom. The van der Waals surface area contributed by atoms with Crippen molar-refractivity contribution in [3.63, 3.8) is 0 Å². The van der Waals surface area contributed by atoms with Crippen LogP contribution in [0.3, 0.4) is 0 Å². The largest absolute Gasteiger partial charge is 0.352 e. The van der Waals surface area contributed by atoms with E-state index in [1.54, 1.807) is 25.1 Å². The molecular weight excluding hydrogens is 486 g/mol. The average molecular weight is 522 g/mol. The van der Waals surface area contributed by atoms with Crippen LogP contribution in [0.2, 0.25) is 5.02 Å². The summed E-state index contributed by atoms with van der Waals surface area (Å²) in [6.07, 6.45) is 2.21. The summed E-state index contributed by atoms with van der Waals surface area (Å²) >= 11 is 6.06. The Balaban J connectivity index is 2.49. The van der Waals surface area contributed by atoms with Gasteiger partial charge in [-0.15, -0.1) is 0 Å². The second kappa shape index (κ2) is 12.4. The van der Waals surface area contributed by atoms with E-state index in [0.717, 1.165) is 28.1 Å². The Bertz CT molecular complexity index is 1150. The minimum absolute atomic E-state index is 0.0452. The van der Waals surface area contributed by atoms with Crippen molar-refractivity contribution in [3.05, 3.63) is 64.2 Å². The van der Waals surface area contributed by atoms with E-state index in [2.05, 4.69) is 5.32 Å². The predicted octanol–water partition coefficient (Wildman–Crippen LogP) is 4.44. The molecule has 9 heteroatoms. The van der Waals surface area contributed by atoms with Crippen molar-refractivity contribution >= 4 is 39.1 Å². The summed E-state index contributed by atoms with van der Waals surface area (Å²) in [5, 5.41) is 3.44. The van der Waals surface area contributed by atoms with Crippen LogP contribution in [0.5, 0.6) is 0 Å². The summed E-state index contributed by atoms with van der Waals surface area (Å²) in [5.41, 5.74) is 2.88. The van der Waals surface area contributed by atoms with Gasteiger partial charge in [-0.3, -0.25) is 13.9 Å². The van der Waals surface area contributed by atoms with Gasteiger partial charge in [0.2, 0.25) is 21.8 Å². The van der Waals surface area contributed by atoms with Crippen LogP contribution < -0.4 is 9.62 Å². The molecule has 0 saturated carbocycles. The monoisotopic (exact) mass is 521 g/mol. The van der Waals surface area contributed by atoms with Crippen LogP contribution in [0, 0.1) is 13.8 Å². The number of rotatable bonds is 11. The molecule has 0 aliphatic heterocycles. The lowest BCUT2D eigenvalue weighted by molar-refractivity contribution is -0.140. The number of carbonyl (C=O) groups is 2. The highest BCUT2D eigenvalue weighted by Gasteiger charge is 2.32. The van der Waals surface area contributed by atoms with Crippen LogP contribution in [0.1, 0.15) is 50.3 Å². The molecule has 0 bridgehead atoms. The van der Waals surface area contributed by atoms with Gasteiger partial charge in [0, 0.05) is 17.6 Å². The van der Waals surface area contributed by atoms with Gasteiger partial charge in [0.1, 0.15) is 12.6 Å². The maximum atomic E-state index is 13.7. The standard InChI is InChI=1S/C26H36ClN3O4S/c1-7-20(5)28-26(32)23(8-2)29(16-21-12-10-9-11-18(21)3)25(31)17-30(35(6,33)34)24-14-13-22(27)15-19(24)4/h9-15,20,23H,7-8,16-17H2,1-6H3,(H,28,32)/t20-,23+/m0/s1. The van der Waals surface area contributed by atoms with Crippen molar-refractivity contribution < 1.29 is 18.0 Å². The molecule has 0 radical (unpaired) electrons. The maximum absolute atomic E-state index is 13.7. The van der Waals surface area contributed by atoms with Crippen molar-refractivity contribution in [2.24, 2.45) is 0 Å². The van der Waals surface area contributed by atoms with E-state index in [1.807, 2.05) is 52.0 Å². The Labute approximate surface area is 214 Å². The molecule has 2 aromatic carbocycles. The zero-order valence-electron chi connectivity index (χ0n) is 21.3. The highest BCUT2D eigenvalue weighted by molar-refractivity contribution is 7.92. The molecule has 0 heterocycles. The zero-order chi connectivity index (χ0) is 26.3. The molecule has 0 spiro atoms. The van der Waals surface area contributed by atoms with Crippen LogP contribution in [-0.4, -0.2) is 50.0 Å². The first-order valence-corrected chi connectivity index (χ1v) is 14.0. The number of anilines is 1. The van der Waals surface area contributed by atoms with E-state index in [1.165, 1.54) is 4.90 Å². The first kappa shape index (κ1) is 28.7. The molecule has 0 unspecified atom stereocenters. The van der Waals surface area contributed by atoms with Crippen LogP contribution in [0.15, 0.2) is 42.5 Å². The fraction of sp³-hybridized carbons (Fsp3) is 0.462. The van der Waals surface area contributed by atoms with Crippen molar-refractivity contribution in [1.82, 2.24) is 10.2 Å². The molecule has 7 nitrogen and oxygen atoms in total. The third-order valence-corrected chi connectivity index (χ3v) is 7.46. The molecule has 0 saturated heterocycles. The van der Waals surface area contributed by atoms with E-state index in [9.17, 15) is 18.0 Å². The number of hydrogen-bond donors (Lipinski definition) is 1. The SMILES string of the molecule is CC[C@H](C(=O)N[C@@H](C)CC)N(Cc1ccccc1C)C(=O)CN(c1ccc(Cl)cc1C)S(C)(=O)=O. The van der Waals surface area contributed by atoms with Crippen LogP contribution >= 0.6 is 11.6 Å².